The number of hydrogen-bond donors (Lipinski definition) is 2. The van der Waals surface area contributed by atoms with Crippen LogP contribution < -0.4 is 11.0 Å². The second kappa shape index (κ2) is 9.05. The van der Waals surface area contributed by atoms with E-state index in [9.17, 15) is 19.5 Å². The third kappa shape index (κ3) is 4.29. The van der Waals surface area contributed by atoms with Crippen LogP contribution in [0, 0.1) is 0 Å². The number of nitrogens with one attached hydrogen (secondary N) is 1. The van der Waals surface area contributed by atoms with Gasteiger partial charge in [-0.3, -0.25) is 9.59 Å². The maximum Gasteiger partial charge on any atom is 0.336 e. The van der Waals surface area contributed by atoms with E-state index < -0.39 is 11.9 Å². The summed E-state index contributed by atoms with van der Waals surface area (Å²) in [5.74, 6) is -1.72. The second-order valence-corrected chi connectivity index (χ2v) is 6.93. The molecule has 0 unspecified atom stereocenters. The molecule has 0 aliphatic rings. The van der Waals surface area contributed by atoms with E-state index in [4.69, 9.17) is 0 Å². The van der Waals surface area contributed by atoms with Gasteiger partial charge in [0.1, 0.15) is 0 Å². The number of carbonyl (C=O) groups is 2. The molecule has 0 spiro atoms. The third-order valence-corrected chi connectivity index (χ3v) is 4.82. The second-order valence-electron chi connectivity index (χ2n) is 6.93. The number of carboxylic acid groups (broad SMARTS) is 1. The van der Waals surface area contributed by atoms with Crippen molar-refractivity contribution in [2.45, 2.75) is 6.54 Å². The van der Waals surface area contributed by atoms with Crippen molar-refractivity contribution in [2.24, 2.45) is 5.10 Å². The summed E-state index contributed by atoms with van der Waals surface area (Å²) in [6, 6.07) is 22.4. The molecule has 0 saturated carbocycles. The van der Waals surface area contributed by atoms with Gasteiger partial charge >= 0.3 is 5.97 Å². The van der Waals surface area contributed by atoms with Gasteiger partial charge in [0.05, 0.1) is 23.7 Å². The summed E-state index contributed by atoms with van der Waals surface area (Å²) in [6.45, 7) is 0.208. The van der Waals surface area contributed by atoms with Gasteiger partial charge < -0.3 is 5.11 Å². The van der Waals surface area contributed by atoms with Gasteiger partial charge in [-0.05, 0) is 17.7 Å². The lowest BCUT2D eigenvalue weighted by molar-refractivity contribution is 0.0696. The molecular formula is C24H18N4O4. The predicted molar refractivity (Wildman–Crippen MR) is 120 cm³/mol. The highest BCUT2D eigenvalue weighted by Crippen LogP contribution is 2.14. The van der Waals surface area contributed by atoms with Gasteiger partial charge in [0.15, 0.2) is 5.69 Å². The van der Waals surface area contributed by atoms with Crippen molar-refractivity contribution in [2.75, 3.05) is 0 Å². The number of carboxylic acids is 1. The Balaban J connectivity index is 1.67. The first-order valence-electron chi connectivity index (χ1n) is 9.74. The van der Waals surface area contributed by atoms with Gasteiger partial charge in [0.25, 0.3) is 11.5 Å². The number of hydrazone groups is 1. The molecule has 0 aliphatic carbocycles. The Morgan fingerprint density at radius 1 is 0.938 bits per heavy atom. The summed E-state index contributed by atoms with van der Waals surface area (Å²) >= 11 is 0. The first-order valence-corrected chi connectivity index (χ1v) is 9.74. The molecule has 3 aromatic carbocycles. The van der Waals surface area contributed by atoms with Crippen molar-refractivity contribution in [3.63, 3.8) is 0 Å². The van der Waals surface area contributed by atoms with Crippen LogP contribution in [0.5, 0.6) is 0 Å². The quantitative estimate of drug-likeness (QED) is 0.364. The maximum atomic E-state index is 12.9. The van der Waals surface area contributed by atoms with Crippen LogP contribution in [0.25, 0.3) is 10.8 Å². The van der Waals surface area contributed by atoms with E-state index >= 15 is 0 Å². The molecule has 2 N–H and O–H groups in total. The third-order valence-electron chi connectivity index (χ3n) is 4.82. The Hall–Kier alpha value is -4.59. The number of fused-ring (bicyclic) bond motifs is 1. The fourth-order valence-corrected chi connectivity index (χ4v) is 3.28. The normalized spacial score (nSPS) is 11.0. The number of rotatable bonds is 6. The molecule has 0 atom stereocenters. The minimum absolute atomic E-state index is 0.0415. The summed E-state index contributed by atoms with van der Waals surface area (Å²) in [7, 11) is 0. The van der Waals surface area contributed by atoms with Gasteiger partial charge in [-0.25, -0.2) is 14.9 Å². The Morgan fingerprint density at radius 3 is 2.34 bits per heavy atom. The number of aromatic nitrogens is 2. The van der Waals surface area contributed by atoms with E-state index in [2.05, 4.69) is 15.6 Å². The molecule has 158 valence electrons. The van der Waals surface area contributed by atoms with Crippen LogP contribution in [0.15, 0.2) is 88.8 Å². The summed E-state index contributed by atoms with van der Waals surface area (Å²) in [4.78, 5) is 37.1. The minimum Gasteiger partial charge on any atom is -0.478 e. The van der Waals surface area contributed by atoms with Crippen molar-refractivity contribution >= 4 is 28.9 Å². The summed E-state index contributed by atoms with van der Waals surface area (Å²) < 4.78 is 1.25. The van der Waals surface area contributed by atoms with E-state index in [1.54, 1.807) is 42.5 Å². The van der Waals surface area contributed by atoms with Crippen molar-refractivity contribution in [3.8, 4) is 0 Å². The fraction of sp³-hybridized carbons (Fsp3) is 0.0417. The zero-order valence-electron chi connectivity index (χ0n) is 16.8. The van der Waals surface area contributed by atoms with Crippen LogP contribution in [-0.2, 0) is 6.54 Å². The summed E-state index contributed by atoms with van der Waals surface area (Å²) in [5.41, 5.74) is 3.38. The van der Waals surface area contributed by atoms with Crippen LogP contribution >= 0.6 is 0 Å². The van der Waals surface area contributed by atoms with E-state index in [-0.39, 0.29) is 23.4 Å². The average molecular weight is 426 g/mol. The molecule has 8 heteroatoms. The molecular weight excluding hydrogens is 408 g/mol. The standard InChI is InChI=1S/C24H18N4O4/c29-22(26-25-14-17-10-4-5-11-18(17)24(31)32)21-19-12-6-7-13-20(19)23(30)28(27-21)15-16-8-2-1-3-9-16/h1-14H,15H2,(H,26,29)(H,31,32)/b25-14+. The largest absolute Gasteiger partial charge is 0.478 e. The summed E-state index contributed by atoms with van der Waals surface area (Å²) in [6.07, 6.45) is 1.25. The number of carbonyl (C=O) groups excluding carboxylic acids is 1. The molecule has 0 radical (unpaired) electrons. The molecule has 0 bridgehead atoms. The first kappa shape index (κ1) is 20.7. The average Bonchev–Trinajstić information content (AvgIpc) is 2.81. The smallest absolute Gasteiger partial charge is 0.336 e. The minimum atomic E-state index is -1.10. The van der Waals surface area contributed by atoms with Gasteiger partial charge in [0, 0.05) is 10.9 Å². The highest BCUT2D eigenvalue weighted by Gasteiger charge is 2.16. The van der Waals surface area contributed by atoms with E-state index in [0.29, 0.717) is 16.3 Å². The highest BCUT2D eigenvalue weighted by molar-refractivity contribution is 6.05. The van der Waals surface area contributed by atoms with E-state index in [0.717, 1.165) is 5.56 Å². The number of hydrogen-bond acceptors (Lipinski definition) is 5. The van der Waals surface area contributed by atoms with Crippen LogP contribution in [-0.4, -0.2) is 33.0 Å². The van der Waals surface area contributed by atoms with Gasteiger partial charge in [-0.15, -0.1) is 0 Å². The van der Waals surface area contributed by atoms with Crippen molar-refractivity contribution < 1.29 is 14.7 Å². The zero-order valence-corrected chi connectivity index (χ0v) is 16.8. The van der Waals surface area contributed by atoms with Crippen LogP contribution in [0.1, 0.15) is 32.0 Å². The Kier molecular flexibility index (Phi) is 5.85. The number of benzene rings is 3. The lowest BCUT2D eigenvalue weighted by atomic mass is 10.1. The molecule has 0 aliphatic heterocycles. The van der Waals surface area contributed by atoms with Crippen molar-refractivity contribution in [3.05, 3.63) is 112 Å². The molecule has 1 heterocycles. The van der Waals surface area contributed by atoms with Crippen molar-refractivity contribution in [1.29, 1.82) is 0 Å². The molecule has 1 aromatic heterocycles. The molecule has 4 rings (SSSR count). The maximum absolute atomic E-state index is 12.9. The summed E-state index contributed by atoms with van der Waals surface area (Å²) in [5, 5.41) is 18.2. The molecule has 4 aromatic rings. The topological polar surface area (TPSA) is 114 Å². The molecule has 8 nitrogen and oxygen atoms in total. The van der Waals surface area contributed by atoms with Crippen LogP contribution in [0.2, 0.25) is 0 Å². The van der Waals surface area contributed by atoms with E-state index in [1.165, 1.54) is 17.0 Å². The van der Waals surface area contributed by atoms with Crippen LogP contribution in [0.3, 0.4) is 0 Å². The van der Waals surface area contributed by atoms with Gasteiger partial charge in [-0.2, -0.15) is 10.2 Å². The Morgan fingerprint density at radius 2 is 1.59 bits per heavy atom. The lowest BCUT2D eigenvalue weighted by Gasteiger charge is -2.10. The van der Waals surface area contributed by atoms with Gasteiger partial charge in [0.2, 0.25) is 0 Å². The zero-order chi connectivity index (χ0) is 22.5. The van der Waals surface area contributed by atoms with Crippen LogP contribution in [0.4, 0.5) is 0 Å². The SMILES string of the molecule is O=C(O)c1ccccc1/C=N/NC(=O)c1nn(Cc2ccccc2)c(=O)c2ccccc12. The van der Waals surface area contributed by atoms with E-state index in [1.807, 2.05) is 30.3 Å². The molecule has 1 amide bonds. The molecule has 32 heavy (non-hydrogen) atoms. The lowest BCUT2D eigenvalue weighted by Crippen LogP contribution is -2.29. The molecule has 0 saturated heterocycles. The van der Waals surface area contributed by atoms with Gasteiger partial charge in [-0.1, -0.05) is 66.7 Å². The highest BCUT2D eigenvalue weighted by atomic mass is 16.4. The van der Waals surface area contributed by atoms with Crippen molar-refractivity contribution in [1.82, 2.24) is 15.2 Å². The predicted octanol–water partition coefficient (Wildman–Crippen LogP) is 2.91. The molecule has 0 fully saturated rings. The number of nitrogens with zero attached hydrogens (tertiary/aromatic N) is 3. The fourth-order valence-electron chi connectivity index (χ4n) is 3.28. The monoisotopic (exact) mass is 426 g/mol. The Labute approximate surface area is 182 Å². The Bertz CT molecular complexity index is 1390. The number of amides is 1. The first-order chi connectivity index (χ1) is 15.5. The number of aromatic carboxylic acids is 1.